The number of benzene rings is 2. The van der Waals surface area contributed by atoms with Crippen LogP contribution in [0.5, 0.6) is 0 Å². The van der Waals surface area contributed by atoms with Crippen molar-refractivity contribution in [3.8, 4) is 0 Å². The van der Waals surface area contributed by atoms with Gasteiger partial charge in [-0.2, -0.15) is 0 Å². The molecule has 3 rings (SSSR count). The molecule has 20 heavy (non-hydrogen) atoms. The summed E-state index contributed by atoms with van der Waals surface area (Å²) in [6.45, 7) is 2.09. The lowest BCUT2D eigenvalue weighted by Gasteiger charge is -2.19. The number of carbonyl (C=O) groups is 1. The fourth-order valence-corrected chi connectivity index (χ4v) is 3.40. The zero-order chi connectivity index (χ0) is 14.1. The van der Waals surface area contributed by atoms with Gasteiger partial charge < -0.3 is 5.11 Å². The number of carboxylic acid groups (broad SMARTS) is 1. The Hall–Kier alpha value is -2.09. The van der Waals surface area contributed by atoms with Gasteiger partial charge in [0.15, 0.2) is 0 Å². The molecule has 0 saturated carbocycles. The molecule has 0 fully saturated rings. The van der Waals surface area contributed by atoms with E-state index < -0.39 is 5.97 Å². The van der Waals surface area contributed by atoms with Crippen LogP contribution in [0.2, 0.25) is 0 Å². The van der Waals surface area contributed by atoms with E-state index in [1.165, 1.54) is 22.3 Å². The molecule has 0 amide bonds. The van der Waals surface area contributed by atoms with Crippen molar-refractivity contribution in [2.45, 2.75) is 25.7 Å². The summed E-state index contributed by atoms with van der Waals surface area (Å²) in [6, 6.07) is 16.8. The summed E-state index contributed by atoms with van der Waals surface area (Å²) in [6.07, 6.45) is 1.09. The number of hydrogen-bond donors (Lipinski definition) is 1. The summed E-state index contributed by atoms with van der Waals surface area (Å²) in [4.78, 5) is 11.2. The van der Waals surface area contributed by atoms with Gasteiger partial charge in [-0.15, -0.1) is 0 Å². The van der Waals surface area contributed by atoms with Crippen LogP contribution in [0.15, 0.2) is 48.5 Å². The van der Waals surface area contributed by atoms with Crippen LogP contribution >= 0.6 is 0 Å². The molecule has 102 valence electrons. The zero-order valence-corrected chi connectivity index (χ0v) is 11.5. The van der Waals surface area contributed by atoms with Crippen molar-refractivity contribution in [2.24, 2.45) is 5.92 Å². The minimum atomic E-state index is -0.708. The zero-order valence-electron chi connectivity index (χ0n) is 11.5. The van der Waals surface area contributed by atoms with Gasteiger partial charge in [-0.3, -0.25) is 4.79 Å². The lowest BCUT2D eigenvalue weighted by molar-refractivity contribution is -0.138. The number of rotatable bonds is 3. The van der Waals surface area contributed by atoms with Crippen molar-refractivity contribution in [3.05, 3.63) is 70.8 Å². The van der Waals surface area contributed by atoms with E-state index in [9.17, 15) is 9.90 Å². The van der Waals surface area contributed by atoms with E-state index in [2.05, 4.69) is 37.3 Å². The second-order valence-corrected chi connectivity index (χ2v) is 5.65. The Bertz CT molecular complexity index is 631. The van der Waals surface area contributed by atoms with Gasteiger partial charge in [0.1, 0.15) is 0 Å². The third-order valence-corrected chi connectivity index (χ3v) is 4.18. The van der Waals surface area contributed by atoms with Gasteiger partial charge >= 0.3 is 5.97 Å². The van der Waals surface area contributed by atoms with Crippen LogP contribution in [0.1, 0.15) is 34.6 Å². The maximum Gasteiger partial charge on any atom is 0.303 e. The Morgan fingerprint density at radius 1 is 1.20 bits per heavy atom. The van der Waals surface area contributed by atoms with E-state index in [-0.39, 0.29) is 18.3 Å². The van der Waals surface area contributed by atoms with Gasteiger partial charge in [0.05, 0.1) is 0 Å². The summed E-state index contributed by atoms with van der Waals surface area (Å²) < 4.78 is 0. The predicted octanol–water partition coefficient (Wildman–Crippen LogP) is 3.77. The van der Waals surface area contributed by atoms with Crippen molar-refractivity contribution in [1.82, 2.24) is 0 Å². The molecule has 0 radical (unpaired) electrons. The van der Waals surface area contributed by atoms with Crippen LogP contribution in [0.25, 0.3) is 0 Å². The predicted molar refractivity (Wildman–Crippen MR) is 78.9 cm³/mol. The maximum absolute atomic E-state index is 11.2. The fraction of sp³-hybridized carbons (Fsp3) is 0.278. The monoisotopic (exact) mass is 266 g/mol. The van der Waals surface area contributed by atoms with E-state index in [0.717, 1.165) is 6.42 Å². The van der Waals surface area contributed by atoms with Crippen LogP contribution in [0, 0.1) is 12.8 Å². The molecular formula is C18H18O2. The van der Waals surface area contributed by atoms with Gasteiger partial charge in [-0.05, 0) is 36.0 Å². The Morgan fingerprint density at radius 3 is 2.65 bits per heavy atom. The molecule has 1 N–H and O–H groups in total. The average molecular weight is 266 g/mol. The second kappa shape index (κ2) is 5.12. The highest BCUT2D eigenvalue weighted by Crippen LogP contribution is 2.44. The molecule has 2 aromatic carbocycles. The minimum absolute atomic E-state index is 0.159. The first-order valence-electron chi connectivity index (χ1n) is 7.01. The van der Waals surface area contributed by atoms with Gasteiger partial charge in [-0.25, -0.2) is 0 Å². The van der Waals surface area contributed by atoms with Crippen molar-refractivity contribution in [1.29, 1.82) is 0 Å². The largest absolute Gasteiger partial charge is 0.481 e. The highest BCUT2D eigenvalue weighted by Gasteiger charge is 2.34. The van der Waals surface area contributed by atoms with Gasteiger partial charge in [-0.1, -0.05) is 54.1 Å². The quantitative estimate of drug-likeness (QED) is 0.918. The molecular weight excluding hydrogens is 248 g/mol. The van der Waals surface area contributed by atoms with Gasteiger partial charge in [0.2, 0.25) is 0 Å². The smallest absolute Gasteiger partial charge is 0.303 e. The number of carboxylic acids is 1. The van der Waals surface area contributed by atoms with Crippen molar-refractivity contribution >= 4 is 5.97 Å². The molecule has 0 saturated heterocycles. The van der Waals surface area contributed by atoms with E-state index in [1.54, 1.807) is 0 Å². The first-order chi connectivity index (χ1) is 9.65. The molecule has 2 heteroatoms. The number of aliphatic carboxylic acids is 1. The highest BCUT2D eigenvalue weighted by molar-refractivity contribution is 5.68. The molecule has 1 aliphatic rings. The second-order valence-electron chi connectivity index (χ2n) is 5.65. The Kier molecular flexibility index (Phi) is 3.31. The molecule has 2 aromatic rings. The molecule has 0 aliphatic heterocycles. The molecule has 1 aliphatic carbocycles. The molecule has 2 nitrogen and oxygen atoms in total. The van der Waals surface area contributed by atoms with Crippen molar-refractivity contribution < 1.29 is 9.90 Å². The number of fused-ring (bicyclic) bond motifs is 1. The van der Waals surface area contributed by atoms with Crippen LogP contribution in [-0.4, -0.2) is 11.1 Å². The van der Waals surface area contributed by atoms with Crippen molar-refractivity contribution in [2.75, 3.05) is 0 Å². The SMILES string of the molecule is Cc1ccc2c(c1)C[C@@H](CC(=O)O)[C@@H]2c1ccccc1. The summed E-state index contributed by atoms with van der Waals surface area (Å²) >= 11 is 0. The lowest BCUT2D eigenvalue weighted by Crippen LogP contribution is -2.14. The van der Waals surface area contributed by atoms with Crippen LogP contribution in [0.3, 0.4) is 0 Å². The van der Waals surface area contributed by atoms with Crippen LogP contribution < -0.4 is 0 Å². The van der Waals surface area contributed by atoms with Gasteiger partial charge in [0.25, 0.3) is 0 Å². The summed E-state index contributed by atoms with van der Waals surface area (Å²) in [5, 5.41) is 9.17. The Labute approximate surface area is 119 Å². The number of aryl methyl sites for hydroxylation is 1. The summed E-state index contributed by atoms with van der Waals surface area (Å²) in [7, 11) is 0. The third-order valence-electron chi connectivity index (χ3n) is 4.18. The third kappa shape index (κ3) is 2.34. The normalized spacial score (nSPS) is 20.6. The lowest BCUT2D eigenvalue weighted by atomic mass is 9.84. The molecule has 0 aromatic heterocycles. The minimum Gasteiger partial charge on any atom is -0.481 e. The van der Waals surface area contributed by atoms with E-state index in [4.69, 9.17) is 0 Å². The Morgan fingerprint density at radius 2 is 1.95 bits per heavy atom. The maximum atomic E-state index is 11.2. The summed E-state index contributed by atoms with van der Waals surface area (Å²) in [5.41, 5.74) is 5.08. The van der Waals surface area contributed by atoms with E-state index in [1.807, 2.05) is 18.2 Å². The molecule has 2 atom stereocenters. The molecule has 0 heterocycles. The number of hydrogen-bond acceptors (Lipinski definition) is 1. The first kappa shape index (κ1) is 12.9. The van der Waals surface area contributed by atoms with Crippen LogP contribution in [0.4, 0.5) is 0 Å². The Balaban J connectivity index is 2.05. The first-order valence-corrected chi connectivity index (χ1v) is 7.01. The highest BCUT2D eigenvalue weighted by atomic mass is 16.4. The standard InChI is InChI=1S/C18H18O2/c1-12-7-8-16-14(9-12)10-15(11-17(19)20)18(16)13-5-3-2-4-6-13/h2-9,15,18H,10-11H2,1H3,(H,19,20)/t15-,18-/m0/s1. The van der Waals surface area contributed by atoms with E-state index >= 15 is 0 Å². The van der Waals surface area contributed by atoms with Gasteiger partial charge in [0, 0.05) is 12.3 Å². The fourth-order valence-electron chi connectivity index (χ4n) is 3.40. The molecule has 0 spiro atoms. The average Bonchev–Trinajstić information content (AvgIpc) is 2.75. The summed E-state index contributed by atoms with van der Waals surface area (Å²) in [5.74, 6) is -0.338. The molecule has 0 unspecified atom stereocenters. The van der Waals surface area contributed by atoms with E-state index in [0.29, 0.717) is 0 Å². The van der Waals surface area contributed by atoms with Crippen molar-refractivity contribution in [3.63, 3.8) is 0 Å². The molecule has 0 bridgehead atoms. The van der Waals surface area contributed by atoms with Crippen LogP contribution in [-0.2, 0) is 11.2 Å². The topological polar surface area (TPSA) is 37.3 Å².